The van der Waals surface area contributed by atoms with Crippen LogP contribution in [0, 0.1) is 6.92 Å². The molecule has 16 heavy (non-hydrogen) atoms. The molecule has 0 unspecified atom stereocenters. The van der Waals surface area contributed by atoms with Crippen LogP contribution in [0.2, 0.25) is 0 Å². The Morgan fingerprint density at radius 3 is 2.19 bits per heavy atom. The minimum atomic E-state index is 0.332. The van der Waals surface area contributed by atoms with Crippen molar-refractivity contribution in [2.24, 2.45) is 0 Å². The van der Waals surface area contributed by atoms with Gasteiger partial charge in [0, 0.05) is 5.92 Å². The van der Waals surface area contributed by atoms with Crippen molar-refractivity contribution in [2.75, 3.05) is 0 Å². The molecule has 0 spiro atoms. The van der Waals surface area contributed by atoms with Crippen LogP contribution in [0.1, 0.15) is 56.9 Å². The van der Waals surface area contributed by atoms with Gasteiger partial charge in [0.2, 0.25) is 0 Å². The molecule has 2 aromatic heterocycles. The highest BCUT2D eigenvalue weighted by molar-refractivity contribution is 5.73. The highest BCUT2D eigenvalue weighted by Gasteiger charge is 2.15. The van der Waals surface area contributed by atoms with E-state index < -0.39 is 0 Å². The van der Waals surface area contributed by atoms with Crippen molar-refractivity contribution in [1.82, 2.24) is 19.9 Å². The second-order valence-electron chi connectivity index (χ2n) is 4.80. The predicted molar refractivity (Wildman–Crippen MR) is 64.6 cm³/mol. The van der Waals surface area contributed by atoms with Gasteiger partial charge in [-0.3, -0.25) is 0 Å². The molecule has 1 N–H and O–H groups in total. The number of aryl methyl sites for hydroxylation is 1. The summed E-state index contributed by atoms with van der Waals surface area (Å²) in [5.41, 5.74) is 2.84. The second kappa shape index (κ2) is 3.85. The Hall–Kier alpha value is -1.45. The van der Waals surface area contributed by atoms with E-state index >= 15 is 0 Å². The first-order chi connectivity index (χ1) is 7.49. The number of hydrogen-bond acceptors (Lipinski definition) is 3. The van der Waals surface area contributed by atoms with Crippen LogP contribution < -0.4 is 0 Å². The van der Waals surface area contributed by atoms with E-state index in [4.69, 9.17) is 0 Å². The maximum Gasteiger partial charge on any atom is 0.181 e. The summed E-state index contributed by atoms with van der Waals surface area (Å²) in [5.74, 6) is 2.48. The normalized spacial score (nSPS) is 11.9. The molecule has 0 aromatic carbocycles. The highest BCUT2D eigenvalue weighted by atomic mass is 15.0. The van der Waals surface area contributed by atoms with Gasteiger partial charge in [-0.25, -0.2) is 15.0 Å². The lowest BCUT2D eigenvalue weighted by Crippen LogP contribution is -2.04. The fourth-order valence-corrected chi connectivity index (χ4v) is 1.73. The van der Waals surface area contributed by atoms with Gasteiger partial charge >= 0.3 is 0 Å². The Labute approximate surface area is 95.5 Å². The van der Waals surface area contributed by atoms with Gasteiger partial charge in [-0.15, -0.1) is 0 Å². The lowest BCUT2D eigenvalue weighted by Gasteiger charge is -2.09. The van der Waals surface area contributed by atoms with Crippen molar-refractivity contribution < 1.29 is 0 Å². The van der Waals surface area contributed by atoms with Crippen LogP contribution in [0.25, 0.3) is 11.2 Å². The van der Waals surface area contributed by atoms with Gasteiger partial charge in [0.15, 0.2) is 5.65 Å². The number of aromatic nitrogens is 4. The number of nitrogens with one attached hydrogen (secondary N) is 1. The quantitative estimate of drug-likeness (QED) is 0.843. The van der Waals surface area contributed by atoms with Gasteiger partial charge in [0.1, 0.15) is 17.2 Å². The summed E-state index contributed by atoms with van der Waals surface area (Å²) in [6, 6.07) is 0. The maximum atomic E-state index is 4.63. The fraction of sp³-hybridized carbons (Fsp3) is 0.583. The number of fused-ring (bicyclic) bond motifs is 1. The molecule has 0 amide bonds. The smallest absolute Gasteiger partial charge is 0.181 e. The number of aromatic amines is 1. The number of hydrogen-bond donors (Lipinski definition) is 1. The van der Waals surface area contributed by atoms with Crippen molar-refractivity contribution in [3.8, 4) is 0 Å². The van der Waals surface area contributed by atoms with Crippen molar-refractivity contribution in [3.05, 3.63) is 17.3 Å². The van der Waals surface area contributed by atoms with Gasteiger partial charge in [0.25, 0.3) is 0 Å². The van der Waals surface area contributed by atoms with Crippen molar-refractivity contribution in [3.63, 3.8) is 0 Å². The zero-order chi connectivity index (χ0) is 11.9. The standard InChI is InChI=1S/C12H18N4/c1-6(2)9-10-12(14-8(5)13-10)16-11(15-9)7(3)4/h6-7H,1-5H3,(H,13,14,15,16). The Bertz CT molecular complexity index is 511. The Kier molecular flexibility index (Phi) is 2.66. The van der Waals surface area contributed by atoms with Gasteiger partial charge in [-0.05, 0) is 12.8 Å². The van der Waals surface area contributed by atoms with Crippen molar-refractivity contribution >= 4 is 11.2 Å². The van der Waals surface area contributed by atoms with Crippen molar-refractivity contribution in [2.45, 2.75) is 46.5 Å². The summed E-state index contributed by atoms with van der Waals surface area (Å²) in [7, 11) is 0. The molecule has 4 nitrogen and oxygen atoms in total. The largest absolute Gasteiger partial charge is 0.339 e. The van der Waals surface area contributed by atoms with Crippen LogP contribution in [0.4, 0.5) is 0 Å². The van der Waals surface area contributed by atoms with E-state index in [0.717, 1.165) is 28.5 Å². The minimum Gasteiger partial charge on any atom is -0.339 e. The lowest BCUT2D eigenvalue weighted by molar-refractivity contribution is 0.740. The molecule has 0 aliphatic rings. The molecule has 0 atom stereocenters. The highest BCUT2D eigenvalue weighted by Crippen LogP contribution is 2.23. The van der Waals surface area contributed by atoms with Crippen LogP contribution in [0.3, 0.4) is 0 Å². The van der Waals surface area contributed by atoms with Gasteiger partial charge in [0.05, 0.1) is 5.69 Å². The van der Waals surface area contributed by atoms with E-state index in [0.29, 0.717) is 11.8 Å². The topological polar surface area (TPSA) is 54.5 Å². The number of H-pyrrole nitrogens is 1. The zero-order valence-electron chi connectivity index (χ0n) is 10.5. The Morgan fingerprint density at radius 1 is 0.938 bits per heavy atom. The lowest BCUT2D eigenvalue weighted by atomic mass is 10.1. The van der Waals surface area contributed by atoms with Crippen LogP contribution >= 0.6 is 0 Å². The molecule has 0 aliphatic heterocycles. The molecule has 0 fully saturated rings. The van der Waals surface area contributed by atoms with Crippen LogP contribution in [-0.4, -0.2) is 19.9 Å². The van der Waals surface area contributed by atoms with Gasteiger partial charge < -0.3 is 4.98 Å². The molecule has 2 heterocycles. The Balaban J connectivity index is 2.73. The fourth-order valence-electron chi connectivity index (χ4n) is 1.73. The summed E-state index contributed by atoms with van der Waals surface area (Å²) in [6.45, 7) is 10.4. The summed E-state index contributed by atoms with van der Waals surface area (Å²) < 4.78 is 0. The molecular formula is C12H18N4. The minimum absolute atomic E-state index is 0.332. The summed E-state index contributed by atoms with van der Waals surface area (Å²) in [6.07, 6.45) is 0. The number of rotatable bonds is 2. The average Bonchev–Trinajstić information content (AvgIpc) is 2.55. The van der Waals surface area contributed by atoms with Gasteiger partial charge in [-0.2, -0.15) is 0 Å². The molecule has 2 aromatic rings. The molecule has 0 saturated heterocycles. The first-order valence-electron chi connectivity index (χ1n) is 5.73. The Morgan fingerprint density at radius 2 is 1.62 bits per heavy atom. The SMILES string of the molecule is Cc1nc2nc(C(C)C)nc(C(C)C)c2[nH]1. The van der Waals surface area contributed by atoms with Crippen LogP contribution in [0.15, 0.2) is 0 Å². The van der Waals surface area contributed by atoms with Gasteiger partial charge in [-0.1, -0.05) is 27.7 Å². The third kappa shape index (κ3) is 1.79. The second-order valence-corrected chi connectivity index (χ2v) is 4.80. The van der Waals surface area contributed by atoms with E-state index in [1.807, 2.05) is 6.92 Å². The third-order valence-electron chi connectivity index (χ3n) is 2.58. The molecule has 2 rings (SSSR count). The summed E-state index contributed by atoms with van der Waals surface area (Å²) in [4.78, 5) is 16.7. The molecule has 86 valence electrons. The van der Waals surface area contributed by atoms with E-state index in [2.05, 4.69) is 47.6 Å². The molecule has 0 aliphatic carbocycles. The monoisotopic (exact) mass is 218 g/mol. The molecule has 0 saturated carbocycles. The molecular weight excluding hydrogens is 200 g/mol. The number of imidazole rings is 1. The molecule has 4 heteroatoms. The molecule has 0 bridgehead atoms. The van der Waals surface area contributed by atoms with Crippen LogP contribution in [-0.2, 0) is 0 Å². The average molecular weight is 218 g/mol. The van der Waals surface area contributed by atoms with Crippen LogP contribution in [0.5, 0.6) is 0 Å². The first-order valence-corrected chi connectivity index (χ1v) is 5.73. The summed E-state index contributed by atoms with van der Waals surface area (Å²) in [5, 5.41) is 0. The van der Waals surface area contributed by atoms with E-state index in [9.17, 15) is 0 Å². The zero-order valence-corrected chi connectivity index (χ0v) is 10.5. The van der Waals surface area contributed by atoms with E-state index in [1.165, 1.54) is 0 Å². The third-order valence-corrected chi connectivity index (χ3v) is 2.58. The summed E-state index contributed by atoms with van der Waals surface area (Å²) >= 11 is 0. The number of nitrogens with zero attached hydrogens (tertiary/aromatic N) is 3. The van der Waals surface area contributed by atoms with E-state index in [-0.39, 0.29) is 0 Å². The molecule has 0 radical (unpaired) electrons. The maximum absolute atomic E-state index is 4.63. The van der Waals surface area contributed by atoms with Crippen molar-refractivity contribution in [1.29, 1.82) is 0 Å². The van der Waals surface area contributed by atoms with E-state index in [1.54, 1.807) is 0 Å². The first kappa shape index (κ1) is 11.0. The predicted octanol–water partition coefficient (Wildman–Crippen LogP) is 2.91.